The maximum absolute atomic E-state index is 12.9. The Morgan fingerprint density at radius 3 is 2.26 bits per heavy atom. The van der Waals surface area contributed by atoms with Crippen LogP contribution in [0.15, 0.2) is 71.6 Å². The van der Waals surface area contributed by atoms with Gasteiger partial charge in [-0.25, -0.2) is 0 Å². The van der Waals surface area contributed by atoms with Gasteiger partial charge >= 0.3 is 0 Å². The Hall–Kier alpha value is -2.63. The van der Waals surface area contributed by atoms with Gasteiger partial charge in [0.25, 0.3) is 0 Å². The monoisotopic (exact) mass is 495 g/mol. The van der Waals surface area contributed by atoms with E-state index < -0.39 is 0 Å². The molecule has 4 nitrogen and oxygen atoms in total. The second kappa shape index (κ2) is 12.7. The van der Waals surface area contributed by atoms with E-state index in [9.17, 15) is 4.79 Å². The van der Waals surface area contributed by atoms with E-state index in [0.717, 1.165) is 35.7 Å². The number of nitrogens with one attached hydrogen (secondary N) is 1. The van der Waals surface area contributed by atoms with Crippen molar-refractivity contribution < 1.29 is 4.79 Å². The Morgan fingerprint density at radius 1 is 0.941 bits per heavy atom. The fourth-order valence-corrected chi connectivity index (χ4v) is 4.91. The maximum atomic E-state index is 12.9. The van der Waals surface area contributed by atoms with Crippen LogP contribution >= 0.6 is 23.5 Å². The Morgan fingerprint density at radius 2 is 1.62 bits per heavy atom. The average molecular weight is 496 g/mol. The van der Waals surface area contributed by atoms with Crippen LogP contribution in [-0.4, -0.2) is 32.1 Å². The minimum atomic E-state index is -0.0150. The Labute approximate surface area is 213 Å². The van der Waals surface area contributed by atoms with Gasteiger partial charge in [-0.05, 0) is 93.6 Å². The number of halogens is 1. The zero-order chi connectivity index (χ0) is 24.5. The van der Waals surface area contributed by atoms with E-state index in [1.165, 1.54) is 16.8 Å². The summed E-state index contributed by atoms with van der Waals surface area (Å²) in [6.07, 6.45) is 0.797. The molecule has 0 atom stereocenters. The van der Waals surface area contributed by atoms with Gasteiger partial charge in [0.2, 0.25) is 5.91 Å². The fourth-order valence-electron chi connectivity index (χ4n) is 3.75. The van der Waals surface area contributed by atoms with Crippen LogP contribution in [0.2, 0.25) is 5.02 Å². The van der Waals surface area contributed by atoms with Crippen molar-refractivity contribution >= 4 is 40.8 Å². The summed E-state index contributed by atoms with van der Waals surface area (Å²) in [7, 11) is 0. The van der Waals surface area contributed by atoms with E-state index in [1.807, 2.05) is 29.4 Å². The molecular weight excluding hydrogens is 462 g/mol. The highest BCUT2D eigenvalue weighted by Crippen LogP contribution is 2.34. The number of amides is 1. The van der Waals surface area contributed by atoms with Crippen LogP contribution in [0, 0.1) is 13.8 Å². The molecular formula is C28H34ClN3OS. The van der Waals surface area contributed by atoms with Crippen LogP contribution in [0.4, 0.5) is 11.4 Å². The lowest BCUT2D eigenvalue weighted by Gasteiger charge is -2.25. The van der Waals surface area contributed by atoms with Crippen LogP contribution in [0.25, 0.3) is 0 Å². The van der Waals surface area contributed by atoms with Crippen LogP contribution in [0.1, 0.15) is 30.5 Å². The van der Waals surface area contributed by atoms with Crippen LogP contribution in [0.5, 0.6) is 0 Å². The van der Waals surface area contributed by atoms with Gasteiger partial charge in [0, 0.05) is 35.2 Å². The lowest BCUT2D eigenvalue weighted by Crippen LogP contribution is -2.35. The van der Waals surface area contributed by atoms with Crippen LogP contribution < -0.4 is 14.5 Å². The zero-order valence-corrected chi connectivity index (χ0v) is 22.0. The maximum Gasteiger partial charge on any atom is 0.240 e. The SMILES string of the molecule is CCN(CC)c1ccc(CCNC(=O)CN(Sc2ccc(C)cc2)c2cccc(Cl)c2C)cc1. The number of aryl methyl sites for hydroxylation is 1. The summed E-state index contributed by atoms with van der Waals surface area (Å²) in [5, 5.41) is 3.78. The fraction of sp³-hybridized carbons (Fsp3) is 0.321. The van der Waals surface area contributed by atoms with Gasteiger partial charge in [0.15, 0.2) is 0 Å². The van der Waals surface area contributed by atoms with Gasteiger partial charge in [-0.15, -0.1) is 0 Å². The first kappa shape index (κ1) is 26.0. The van der Waals surface area contributed by atoms with Crippen molar-refractivity contribution in [3.63, 3.8) is 0 Å². The Bertz CT molecular complexity index is 1070. The molecule has 0 heterocycles. The van der Waals surface area contributed by atoms with Crippen molar-refractivity contribution in [1.82, 2.24) is 5.32 Å². The summed E-state index contributed by atoms with van der Waals surface area (Å²) in [4.78, 5) is 16.3. The molecule has 0 aromatic heterocycles. The molecule has 0 spiro atoms. The molecule has 0 aliphatic rings. The largest absolute Gasteiger partial charge is 0.372 e. The van der Waals surface area contributed by atoms with Crippen molar-refractivity contribution in [2.24, 2.45) is 0 Å². The van der Waals surface area contributed by atoms with E-state index in [0.29, 0.717) is 11.6 Å². The lowest BCUT2D eigenvalue weighted by atomic mass is 10.1. The highest BCUT2D eigenvalue weighted by Gasteiger charge is 2.17. The number of hydrogen-bond donors (Lipinski definition) is 1. The van der Waals surface area contributed by atoms with Gasteiger partial charge in [0.05, 0.1) is 5.69 Å². The number of carbonyl (C=O) groups is 1. The number of hydrogen-bond acceptors (Lipinski definition) is 4. The highest BCUT2D eigenvalue weighted by atomic mass is 35.5. The molecule has 34 heavy (non-hydrogen) atoms. The molecule has 0 radical (unpaired) electrons. The van der Waals surface area contributed by atoms with Gasteiger partial charge in [-0.1, -0.05) is 47.5 Å². The normalized spacial score (nSPS) is 10.7. The first-order valence-electron chi connectivity index (χ1n) is 11.8. The summed E-state index contributed by atoms with van der Waals surface area (Å²) in [6.45, 7) is 11.2. The number of anilines is 2. The topological polar surface area (TPSA) is 35.6 Å². The van der Waals surface area contributed by atoms with E-state index in [1.54, 1.807) is 11.9 Å². The van der Waals surface area contributed by atoms with Crippen molar-refractivity contribution in [3.8, 4) is 0 Å². The summed E-state index contributed by atoms with van der Waals surface area (Å²) in [5.74, 6) is -0.0150. The molecule has 1 N–H and O–H groups in total. The van der Waals surface area contributed by atoms with Crippen molar-refractivity contribution in [3.05, 3.63) is 88.4 Å². The average Bonchev–Trinajstić information content (AvgIpc) is 2.83. The van der Waals surface area contributed by atoms with Gasteiger partial charge < -0.3 is 14.5 Å². The van der Waals surface area contributed by atoms with E-state index in [-0.39, 0.29) is 12.5 Å². The van der Waals surface area contributed by atoms with Crippen molar-refractivity contribution in [1.29, 1.82) is 0 Å². The van der Waals surface area contributed by atoms with Crippen molar-refractivity contribution in [2.75, 3.05) is 35.4 Å². The van der Waals surface area contributed by atoms with Crippen LogP contribution in [-0.2, 0) is 11.2 Å². The zero-order valence-electron chi connectivity index (χ0n) is 20.5. The van der Waals surface area contributed by atoms with Gasteiger partial charge in [-0.2, -0.15) is 0 Å². The number of rotatable bonds is 11. The quantitative estimate of drug-likeness (QED) is 0.301. The molecule has 0 bridgehead atoms. The summed E-state index contributed by atoms with van der Waals surface area (Å²) >= 11 is 7.93. The Balaban J connectivity index is 1.62. The van der Waals surface area contributed by atoms with Gasteiger partial charge in [-0.3, -0.25) is 4.79 Å². The summed E-state index contributed by atoms with van der Waals surface area (Å²) in [6, 6.07) is 22.7. The molecule has 180 valence electrons. The first-order valence-corrected chi connectivity index (χ1v) is 12.9. The summed E-state index contributed by atoms with van der Waals surface area (Å²) < 4.78 is 2.01. The third-order valence-corrected chi connectivity index (χ3v) is 7.27. The molecule has 3 rings (SSSR count). The van der Waals surface area contributed by atoms with Crippen LogP contribution in [0.3, 0.4) is 0 Å². The smallest absolute Gasteiger partial charge is 0.240 e. The standard InChI is InChI=1S/C28H34ClN3OS/c1-5-31(6-2)24-14-12-23(13-15-24)18-19-30-28(33)20-32(27-9-7-8-26(29)22(27)4)34-25-16-10-21(3)11-17-25/h7-17H,5-6,18-20H2,1-4H3,(H,30,33). The van der Waals surface area contributed by atoms with Gasteiger partial charge in [0.1, 0.15) is 6.54 Å². The molecule has 3 aromatic rings. The molecule has 0 unspecified atom stereocenters. The van der Waals surface area contributed by atoms with E-state index in [2.05, 4.69) is 79.5 Å². The molecule has 0 saturated heterocycles. The molecule has 6 heteroatoms. The third kappa shape index (κ3) is 7.18. The first-order chi connectivity index (χ1) is 16.4. The predicted molar refractivity (Wildman–Crippen MR) is 147 cm³/mol. The van der Waals surface area contributed by atoms with E-state index in [4.69, 9.17) is 11.6 Å². The predicted octanol–water partition coefficient (Wildman–Crippen LogP) is 6.68. The second-order valence-electron chi connectivity index (χ2n) is 8.26. The molecule has 0 aliphatic heterocycles. The molecule has 0 fully saturated rings. The Kier molecular flexibility index (Phi) is 9.73. The summed E-state index contributed by atoms with van der Waals surface area (Å²) in [5.41, 5.74) is 5.56. The number of benzene rings is 3. The molecule has 0 aliphatic carbocycles. The minimum Gasteiger partial charge on any atom is -0.372 e. The lowest BCUT2D eigenvalue weighted by molar-refractivity contribution is -0.119. The third-order valence-electron chi connectivity index (χ3n) is 5.83. The van der Waals surface area contributed by atoms with Crippen molar-refractivity contribution in [2.45, 2.75) is 39.0 Å². The number of nitrogens with zero attached hydrogens (tertiary/aromatic N) is 2. The molecule has 0 saturated carbocycles. The second-order valence-corrected chi connectivity index (χ2v) is 9.77. The van der Waals surface area contributed by atoms with E-state index >= 15 is 0 Å². The molecule has 1 amide bonds. The minimum absolute atomic E-state index is 0.0150. The number of carbonyl (C=O) groups excluding carboxylic acids is 1. The highest BCUT2D eigenvalue weighted by molar-refractivity contribution is 8.00. The molecule has 3 aromatic carbocycles.